The maximum atomic E-state index is 12.9. The Morgan fingerprint density at radius 2 is 1.81 bits per heavy atom. The molecule has 0 atom stereocenters. The van der Waals surface area contributed by atoms with E-state index < -0.39 is 17.7 Å². The molecule has 114 valence electrons. The summed E-state index contributed by atoms with van der Waals surface area (Å²) >= 11 is 0. The van der Waals surface area contributed by atoms with Crippen LogP contribution in [-0.2, 0) is 19.1 Å². The Kier molecular flexibility index (Phi) is 4.62. The molecule has 0 radical (unpaired) electrons. The predicted octanol–water partition coefficient (Wildman–Crippen LogP) is 3.01. The number of alkyl halides is 3. The fourth-order valence-corrected chi connectivity index (χ4v) is 2.01. The van der Waals surface area contributed by atoms with Gasteiger partial charge in [0.15, 0.2) is 5.69 Å². The van der Waals surface area contributed by atoms with Crippen LogP contribution >= 0.6 is 0 Å². The molecule has 0 saturated carbocycles. The first-order chi connectivity index (χ1) is 9.90. The van der Waals surface area contributed by atoms with Crippen molar-refractivity contribution in [3.8, 4) is 0 Å². The van der Waals surface area contributed by atoms with Crippen LogP contribution in [0.5, 0.6) is 0 Å². The number of aromatic nitrogens is 2. The summed E-state index contributed by atoms with van der Waals surface area (Å²) in [6.07, 6.45) is -2.86. The number of rotatable bonds is 5. The van der Waals surface area contributed by atoms with E-state index in [9.17, 15) is 17.6 Å². The molecule has 0 saturated heterocycles. The van der Waals surface area contributed by atoms with Gasteiger partial charge in [-0.3, -0.25) is 4.68 Å². The highest BCUT2D eigenvalue weighted by Crippen LogP contribution is 2.31. The molecule has 1 aromatic carbocycles. The second-order valence-electron chi connectivity index (χ2n) is 4.65. The summed E-state index contributed by atoms with van der Waals surface area (Å²) in [5.41, 5.74) is -0.224. The highest BCUT2D eigenvalue weighted by Gasteiger charge is 2.36. The fourth-order valence-electron chi connectivity index (χ4n) is 2.01. The normalized spacial score (nSPS) is 11.9. The van der Waals surface area contributed by atoms with Crippen molar-refractivity contribution in [3.05, 3.63) is 53.1 Å². The number of benzene rings is 1. The molecule has 0 bridgehead atoms. The molecule has 0 aliphatic rings. The SMILES string of the molecule is OCCCc1cn(Cc2ccc(F)cc2)nc1C(F)(F)F. The monoisotopic (exact) mass is 302 g/mol. The van der Waals surface area contributed by atoms with Gasteiger partial charge in [0.2, 0.25) is 0 Å². The van der Waals surface area contributed by atoms with Crippen molar-refractivity contribution in [3.63, 3.8) is 0 Å². The molecule has 1 N–H and O–H groups in total. The zero-order valence-electron chi connectivity index (χ0n) is 11.1. The molecule has 3 nitrogen and oxygen atoms in total. The van der Waals surface area contributed by atoms with Crippen molar-refractivity contribution in [2.45, 2.75) is 25.6 Å². The Hall–Kier alpha value is -1.89. The third-order valence-electron chi connectivity index (χ3n) is 2.97. The quantitative estimate of drug-likeness (QED) is 0.862. The molecular weight excluding hydrogens is 288 g/mol. The fraction of sp³-hybridized carbons (Fsp3) is 0.357. The maximum Gasteiger partial charge on any atom is 0.435 e. The van der Waals surface area contributed by atoms with E-state index in [1.807, 2.05) is 0 Å². The standard InChI is InChI=1S/C14H14F4N2O/c15-12-5-3-10(4-6-12)8-20-9-11(2-1-7-21)13(19-20)14(16,17)18/h3-6,9,21H,1-2,7-8H2. The molecule has 7 heteroatoms. The molecule has 0 amide bonds. The second-order valence-corrected chi connectivity index (χ2v) is 4.65. The minimum atomic E-state index is -4.53. The Morgan fingerprint density at radius 3 is 2.38 bits per heavy atom. The van der Waals surface area contributed by atoms with E-state index in [2.05, 4.69) is 5.10 Å². The van der Waals surface area contributed by atoms with Gasteiger partial charge in [-0.2, -0.15) is 18.3 Å². The number of hydrogen-bond donors (Lipinski definition) is 1. The Bertz CT molecular complexity index is 590. The number of halogens is 4. The smallest absolute Gasteiger partial charge is 0.396 e. The first-order valence-corrected chi connectivity index (χ1v) is 6.39. The van der Waals surface area contributed by atoms with Crippen LogP contribution in [0.2, 0.25) is 0 Å². The van der Waals surface area contributed by atoms with E-state index in [1.165, 1.54) is 35.1 Å². The molecule has 1 heterocycles. The lowest BCUT2D eigenvalue weighted by atomic mass is 10.1. The lowest BCUT2D eigenvalue weighted by Gasteiger charge is -2.05. The van der Waals surface area contributed by atoms with E-state index in [-0.39, 0.29) is 31.6 Å². The van der Waals surface area contributed by atoms with Gasteiger partial charge >= 0.3 is 6.18 Å². The third-order valence-corrected chi connectivity index (χ3v) is 2.97. The molecule has 0 spiro atoms. The van der Waals surface area contributed by atoms with E-state index in [0.29, 0.717) is 5.56 Å². The van der Waals surface area contributed by atoms with Crippen molar-refractivity contribution in [2.75, 3.05) is 6.61 Å². The maximum absolute atomic E-state index is 12.9. The number of hydrogen-bond acceptors (Lipinski definition) is 2. The Labute approximate surface area is 118 Å². The van der Waals surface area contributed by atoms with Gasteiger partial charge in [-0.25, -0.2) is 4.39 Å². The molecular formula is C14H14F4N2O. The van der Waals surface area contributed by atoms with Crippen LogP contribution in [0.15, 0.2) is 30.5 Å². The van der Waals surface area contributed by atoms with Crippen molar-refractivity contribution in [2.24, 2.45) is 0 Å². The minimum absolute atomic E-state index is 0.0543. The first kappa shape index (κ1) is 15.5. The minimum Gasteiger partial charge on any atom is -0.396 e. The molecule has 1 aromatic heterocycles. The number of aliphatic hydroxyl groups excluding tert-OH is 1. The molecule has 0 aliphatic heterocycles. The molecule has 0 unspecified atom stereocenters. The van der Waals surface area contributed by atoms with E-state index in [0.717, 1.165) is 0 Å². The average molecular weight is 302 g/mol. The van der Waals surface area contributed by atoms with Crippen molar-refractivity contribution in [1.82, 2.24) is 9.78 Å². The van der Waals surface area contributed by atoms with E-state index in [4.69, 9.17) is 5.11 Å². The van der Waals surface area contributed by atoms with E-state index in [1.54, 1.807) is 0 Å². The summed E-state index contributed by atoms with van der Waals surface area (Å²) in [5, 5.41) is 12.3. The second kappa shape index (κ2) is 6.26. The lowest BCUT2D eigenvalue weighted by Crippen LogP contribution is -2.10. The van der Waals surface area contributed by atoms with Gasteiger partial charge in [0.1, 0.15) is 5.82 Å². The van der Waals surface area contributed by atoms with Crippen molar-refractivity contribution < 1.29 is 22.7 Å². The Morgan fingerprint density at radius 1 is 1.14 bits per heavy atom. The molecule has 2 rings (SSSR count). The van der Waals surface area contributed by atoms with Crippen LogP contribution in [0, 0.1) is 5.82 Å². The summed E-state index contributed by atoms with van der Waals surface area (Å²) in [6, 6.07) is 5.49. The predicted molar refractivity (Wildman–Crippen MR) is 68.1 cm³/mol. The van der Waals surface area contributed by atoms with Gasteiger partial charge in [-0.1, -0.05) is 12.1 Å². The van der Waals surface area contributed by atoms with Gasteiger partial charge in [-0.05, 0) is 30.5 Å². The van der Waals surface area contributed by atoms with Crippen LogP contribution in [0.1, 0.15) is 23.2 Å². The summed E-state index contributed by atoms with van der Waals surface area (Å²) in [6.45, 7) is -0.0527. The summed E-state index contributed by atoms with van der Waals surface area (Å²) in [7, 11) is 0. The molecule has 2 aromatic rings. The zero-order chi connectivity index (χ0) is 15.5. The van der Waals surface area contributed by atoms with Gasteiger partial charge < -0.3 is 5.11 Å². The first-order valence-electron chi connectivity index (χ1n) is 6.39. The summed E-state index contributed by atoms with van der Waals surface area (Å²) in [4.78, 5) is 0. The highest BCUT2D eigenvalue weighted by atomic mass is 19.4. The van der Waals surface area contributed by atoms with Gasteiger partial charge in [0.05, 0.1) is 6.54 Å². The molecule has 21 heavy (non-hydrogen) atoms. The number of aliphatic hydroxyl groups is 1. The van der Waals surface area contributed by atoms with Crippen LogP contribution in [-0.4, -0.2) is 21.5 Å². The van der Waals surface area contributed by atoms with Crippen LogP contribution in [0.3, 0.4) is 0 Å². The van der Waals surface area contributed by atoms with Crippen molar-refractivity contribution >= 4 is 0 Å². The van der Waals surface area contributed by atoms with Crippen LogP contribution in [0.25, 0.3) is 0 Å². The number of nitrogens with zero attached hydrogens (tertiary/aromatic N) is 2. The summed E-state index contributed by atoms with van der Waals surface area (Å²) in [5.74, 6) is -0.404. The Balaban J connectivity index is 2.23. The zero-order valence-corrected chi connectivity index (χ0v) is 11.1. The van der Waals surface area contributed by atoms with E-state index >= 15 is 0 Å². The molecule has 0 fully saturated rings. The van der Waals surface area contributed by atoms with Gasteiger partial charge in [0.25, 0.3) is 0 Å². The van der Waals surface area contributed by atoms with Crippen molar-refractivity contribution in [1.29, 1.82) is 0 Å². The molecule has 0 aliphatic carbocycles. The van der Waals surface area contributed by atoms with Crippen LogP contribution < -0.4 is 0 Å². The largest absolute Gasteiger partial charge is 0.435 e. The topological polar surface area (TPSA) is 38.0 Å². The van der Waals surface area contributed by atoms with Gasteiger partial charge in [0, 0.05) is 18.4 Å². The number of aryl methyl sites for hydroxylation is 1. The highest BCUT2D eigenvalue weighted by molar-refractivity contribution is 5.22. The van der Waals surface area contributed by atoms with Crippen LogP contribution in [0.4, 0.5) is 17.6 Å². The third kappa shape index (κ3) is 4.04. The van der Waals surface area contributed by atoms with Gasteiger partial charge in [-0.15, -0.1) is 0 Å². The average Bonchev–Trinajstić information content (AvgIpc) is 2.82. The summed E-state index contributed by atoms with van der Waals surface area (Å²) < 4.78 is 52.7. The lowest BCUT2D eigenvalue weighted by molar-refractivity contribution is -0.142.